The summed E-state index contributed by atoms with van der Waals surface area (Å²) in [6.45, 7) is 2.69. The fourth-order valence-corrected chi connectivity index (χ4v) is 6.92. The molecule has 4 nitrogen and oxygen atoms in total. The summed E-state index contributed by atoms with van der Waals surface area (Å²) in [5.41, 5.74) is 4.66. The van der Waals surface area contributed by atoms with Crippen molar-refractivity contribution in [3.05, 3.63) is 58.7 Å². The third-order valence-electron chi connectivity index (χ3n) is 7.85. The fourth-order valence-electron chi connectivity index (χ4n) is 6.92. The van der Waals surface area contributed by atoms with Gasteiger partial charge in [-0.1, -0.05) is 12.1 Å². The number of hydrogen-bond donors (Lipinski definition) is 3. The maximum Gasteiger partial charge on any atom is 0.251 e. The molecular weight excluding hydrogens is 374 g/mol. The number of nitrogens with one attached hydrogen (secondary N) is 1. The molecule has 0 atom stereocenters. The van der Waals surface area contributed by atoms with Gasteiger partial charge in [0.25, 0.3) is 5.91 Å². The molecule has 0 saturated heterocycles. The Kier molecular flexibility index (Phi) is 4.76. The number of rotatable bonds is 5. The van der Waals surface area contributed by atoms with E-state index in [0.29, 0.717) is 18.4 Å². The largest absolute Gasteiger partial charge is 0.504 e. The van der Waals surface area contributed by atoms with E-state index in [0.717, 1.165) is 28.9 Å². The first-order valence-electron chi connectivity index (χ1n) is 11.3. The summed E-state index contributed by atoms with van der Waals surface area (Å²) in [4.78, 5) is 12.8. The van der Waals surface area contributed by atoms with Crippen molar-refractivity contribution in [1.29, 1.82) is 0 Å². The smallest absolute Gasteiger partial charge is 0.251 e. The lowest BCUT2D eigenvalue weighted by Gasteiger charge is -2.57. The van der Waals surface area contributed by atoms with Gasteiger partial charge in [-0.05, 0) is 116 Å². The van der Waals surface area contributed by atoms with Gasteiger partial charge in [-0.2, -0.15) is 0 Å². The van der Waals surface area contributed by atoms with Gasteiger partial charge in [0.05, 0.1) is 0 Å². The number of phenolic OH excluding ortho intramolecular Hbond substituents is 2. The number of amides is 1. The van der Waals surface area contributed by atoms with Crippen LogP contribution < -0.4 is 5.32 Å². The van der Waals surface area contributed by atoms with Crippen molar-refractivity contribution in [2.24, 2.45) is 17.8 Å². The van der Waals surface area contributed by atoms with E-state index < -0.39 is 0 Å². The molecule has 30 heavy (non-hydrogen) atoms. The van der Waals surface area contributed by atoms with Crippen LogP contribution in [0.25, 0.3) is 0 Å². The minimum atomic E-state index is -0.127. The lowest BCUT2D eigenvalue weighted by atomic mass is 9.47. The van der Waals surface area contributed by atoms with Crippen molar-refractivity contribution in [3.8, 4) is 11.5 Å². The Morgan fingerprint density at radius 1 is 0.967 bits per heavy atom. The molecule has 6 rings (SSSR count). The average molecular weight is 406 g/mol. The third-order valence-corrected chi connectivity index (χ3v) is 7.85. The molecule has 3 N–H and O–H groups in total. The van der Waals surface area contributed by atoms with Crippen molar-refractivity contribution >= 4 is 5.91 Å². The van der Waals surface area contributed by atoms with Crippen LogP contribution in [0.4, 0.5) is 0 Å². The molecule has 4 bridgehead atoms. The van der Waals surface area contributed by atoms with Gasteiger partial charge in [-0.25, -0.2) is 0 Å². The Morgan fingerprint density at radius 3 is 2.27 bits per heavy atom. The molecule has 2 aromatic carbocycles. The number of phenols is 2. The van der Waals surface area contributed by atoms with Crippen LogP contribution in [-0.2, 0) is 11.8 Å². The molecule has 4 fully saturated rings. The molecule has 0 aliphatic heterocycles. The van der Waals surface area contributed by atoms with E-state index >= 15 is 0 Å². The number of aryl methyl sites for hydroxylation is 1. The number of hydrogen-bond acceptors (Lipinski definition) is 3. The molecule has 0 radical (unpaired) electrons. The maximum absolute atomic E-state index is 12.8. The zero-order chi connectivity index (χ0) is 20.9. The van der Waals surface area contributed by atoms with Crippen molar-refractivity contribution in [3.63, 3.8) is 0 Å². The van der Waals surface area contributed by atoms with E-state index in [1.807, 2.05) is 6.07 Å². The summed E-state index contributed by atoms with van der Waals surface area (Å²) in [5, 5.41) is 22.1. The number of carbonyl (C=O) groups excluding carboxylic acids is 1. The number of aromatic hydroxyl groups is 2. The number of carbonyl (C=O) groups is 1. The minimum absolute atomic E-state index is 0.0380. The Hall–Kier alpha value is -2.49. The Balaban J connectivity index is 1.30. The van der Waals surface area contributed by atoms with Crippen LogP contribution in [0, 0.1) is 24.7 Å². The Bertz CT molecular complexity index is 945. The topological polar surface area (TPSA) is 69.6 Å². The second-order valence-electron chi connectivity index (χ2n) is 10.1. The van der Waals surface area contributed by atoms with Gasteiger partial charge in [-0.3, -0.25) is 4.79 Å². The molecule has 0 unspecified atom stereocenters. The lowest BCUT2D eigenvalue weighted by molar-refractivity contribution is -0.00548. The van der Waals surface area contributed by atoms with Crippen molar-refractivity contribution in [1.82, 2.24) is 5.32 Å². The molecule has 0 spiro atoms. The molecule has 2 aromatic rings. The average Bonchev–Trinajstić information content (AvgIpc) is 2.70. The molecule has 4 aliphatic rings. The molecule has 0 heterocycles. The molecule has 4 saturated carbocycles. The summed E-state index contributed by atoms with van der Waals surface area (Å²) in [7, 11) is 0. The van der Waals surface area contributed by atoms with E-state index in [1.165, 1.54) is 55.7 Å². The van der Waals surface area contributed by atoms with Crippen molar-refractivity contribution in [2.45, 2.75) is 57.3 Å². The Labute approximate surface area is 178 Å². The monoisotopic (exact) mass is 405 g/mol. The normalized spacial score (nSPS) is 29.2. The van der Waals surface area contributed by atoms with E-state index in [2.05, 4.69) is 24.4 Å². The third kappa shape index (κ3) is 3.46. The summed E-state index contributed by atoms with van der Waals surface area (Å²) in [6, 6.07) is 11.0. The fraction of sp³-hybridized carbons (Fsp3) is 0.500. The lowest BCUT2D eigenvalue weighted by Crippen LogP contribution is -2.48. The van der Waals surface area contributed by atoms with Gasteiger partial charge in [0.15, 0.2) is 11.5 Å². The van der Waals surface area contributed by atoms with Crippen molar-refractivity contribution < 1.29 is 15.0 Å². The van der Waals surface area contributed by atoms with Crippen LogP contribution in [-0.4, -0.2) is 22.7 Å². The second kappa shape index (κ2) is 7.33. The molecule has 158 valence electrons. The zero-order valence-electron chi connectivity index (χ0n) is 17.7. The van der Waals surface area contributed by atoms with Crippen LogP contribution in [0.15, 0.2) is 36.4 Å². The SMILES string of the molecule is Cc1ccc(C(=O)NCCc2ccc(O)c(O)c2)cc1C12CC3CC(CC(C3)C1)C2. The summed E-state index contributed by atoms with van der Waals surface area (Å²) < 4.78 is 0. The van der Waals surface area contributed by atoms with E-state index in [9.17, 15) is 15.0 Å². The first-order valence-corrected chi connectivity index (χ1v) is 11.3. The standard InChI is InChI=1S/C26H31NO3/c1-16-2-4-21(25(30)27-7-6-17-3-5-23(28)24(29)11-17)12-22(16)26-13-18-8-19(14-26)10-20(9-18)15-26/h2-5,11-12,18-20,28-29H,6-10,13-15H2,1H3,(H,27,30). The van der Waals surface area contributed by atoms with Crippen LogP contribution in [0.2, 0.25) is 0 Å². The highest BCUT2D eigenvalue weighted by Crippen LogP contribution is 2.61. The first kappa shape index (κ1) is 19.5. The van der Waals surface area contributed by atoms with E-state index in [4.69, 9.17) is 0 Å². The van der Waals surface area contributed by atoms with Gasteiger partial charge >= 0.3 is 0 Å². The highest BCUT2D eigenvalue weighted by molar-refractivity contribution is 5.94. The maximum atomic E-state index is 12.8. The minimum Gasteiger partial charge on any atom is -0.504 e. The number of benzene rings is 2. The zero-order valence-corrected chi connectivity index (χ0v) is 17.7. The molecule has 1 amide bonds. The van der Waals surface area contributed by atoms with E-state index in [1.54, 1.807) is 12.1 Å². The molecule has 4 aliphatic carbocycles. The molecular formula is C26H31NO3. The van der Waals surface area contributed by atoms with Crippen LogP contribution >= 0.6 is 0 Å². The summed E-state index contributed by atoms with van der Waals surface area (Å²) >= 11 is 0. The van der Waals surface area contributed by atoms with Gasteiger partial charge in [0.1, 0.15) is 0 Å². The second-order valence-corrected chi connectivity index (χ2v) is 10.1. The van der Waals surface area contributed by atoms with Crippen LogP contribution in [0.1, 0.15) is 65.6 Å². The highest BCUT2D eigenvalue weighted by atomic mass is 16.3. The van der Waals surface area contributed by atoms with Crippen molar-refractivity contribution in [2.75, 3.05) is 6.54 Å². The van der Waals surface area contributed by atoms with Crippen LogP contribution in [0.5, 0.6) is 11.5 Å². The predicted octanol–water partition coefficient (Wildman–Crippen LogP) is 4.85. The predicted molar refractivity (Wildman–Crippen MR) is 117 cm³/mol. The molecule has 4 heteroatoms. The van der Waals surface area contributed by atoms with Gasteiger partial charge in [0.2, 0.25) is 0 Å². The summed E-state index contributed by atoms with van der Waals surface area (Å²) in [5.74, 6) is 2.36. The van der Waals surface area contributed by atoms with Gasteiger partial charge in [-0.15, -0.1) is 0 Å². The summed E-state index contributed by atoms with van der Waals surface area (Å²) in [6.07, 6.45) is 8.77. The van der Waals surface area contributed by atoms with Gasteiger partial charge in [0, 0.05) is 12.1 Å². The molecule has 0 aromatic heterocycles. The first-order chi connectivity index (χ1) is 14.4. The van der Waals surface area contributed by atoms with Gasteiger partial charge < -0.3 is 15.5 Å². The Morgan fingerprint density at radius 2 is 1.63 bits per heavy atom. The quantitative estimate of drug-likeness (QED) is 0.623. The highest BCUT2D eigenvalue weighted by Gasteiger charge is 2.52. The van der Waals surface area contributed by atoms with E-state index in [-0.39, 0.29) is 17.4 Å². The van der Waals surface area contributed by atoms with Crippen LogP contribution in [0.3, 0.4) is 0 Å².